The Hall–Kier alpha value is -2.63. The fourth-order valence-corrected chi connectivity index (χ4v) is 3.02. The molecule has 1 aliphatic heterocycles. The standard InChI is InChI=1S/C18H22N4O2/c19-16(23)9-15-7-4-8-22(12-15)17-10-20-11-18(21-17)24-13-14-5-2-1-3-6-14/h1-3,5-6,10-11,15H,4,7-9,12-13H2,(H2,19,23)/t15-/m0/s1. The number of rotatable bonds is 6. The minimum absolute atomic E-state index is 0.243. The third-order valence-corrected chi connectivity index (χ3v) is 4.16. The number of primary amides is 1. The Bertz CT molecular complexity index is 678. The van der Waals surface area contributed by atoms with E-state index in [-0.39, 0.29) is 11.8 Å². The van der Waals surface area contributed by atoms with Crippen molar-refractivity contribution < 1.29 is 9.53 Å². The van der Waals surface area contributed by atoms with Crippen molar-refractivity contribution in [2.75, 3.05) is 18.0 Å². The fraction of sp³-hybridized carbons (Fsp3) is 0.389. The van der Waals surface area contributed by atoms with E-state index in [0.29, 0.717) is 18.9 Å². The monoisotopic (exact) mass is 326 g/mol. The molecule has 0 saturated carbocycles. The minimum Gasteiger partial charge on any atom is -0.472 e. The number of nitrogens with two attached hydrogens (primary N) is 1. The maximum absolute atomic E-state index is 11.1. The van der Waals surface area contributed by atoms with Crippen LogP contribution in [0.5, 0.6) is 5.88 Å². The molecular formula is C18H22N4O2. The number of piperidine rings is 1. The van der Waals surface area contributed by atoms with Gasteiger partial charge in [-0.05, 0) is 24.3 Å². The predicted octanol–water partition coefficient (Wildman–Crippen LogP) is 2.15. The number of nitrogens with zero attached hydrogens (tertiary/aromatic N) is 3. The van der Waals surface area contributed by atoms with Crippen LogP contribution in [0.1, 0.15) is 24.8 Å². The highest BCUT2D eigenvalue weighted by atomic mass is 16.5. The highest BCUT2D eigenvalue weighted by molar-refractivity contribution is 5.74. The Balaban J connectivity index is 1.63. The van der Waals surface area contributed by atoms with Crippen molar-refractivity contribution >= 4 is 11.7 Å². The Morgan fingerprint density at radius 3 is 2.92 bits per heavy atom. The van der Waals surface area contributed by atoms with Gasteiger partial charge >= 0.3 is 0 Å². The summed E-state index contributed by atoms with van der Waals surface area (Å²) in [7, 11) is 0. The number of carbonyl (C=O) groups excluding carboxylic acids is 1. The molecule has 126 valence electrons. The summed E-state index contributed by atoms with van der Waals surface area (Å²) in [5.74, 6) is 1.34. The van der Waals surface area contributed by atoms with E-state index in [1.807, 2.05) is 30.3 Å². The van der Waals surface area contributed by atoms with Crippen LogP contribution in [-0.4, -0.2) is 29.0 Å². The van der Waals surface area contributed by atoms with Crippen LogP contribution >= 0.6 is 0 Å². The van der Waals surface area contributed by atoms with E-state index < -0.39 is 0 Å². The van der Waals surface area contributed by atoms with Crippen molar-refractivity contribution in [3.8, 4) is 5.88 Å². The molecule has 0 bridgehead atoms. The molecule has 2 N–H and O–H groups in total. The van der Waals surface area contributed by atoms with Crippen molar-refractivity contribution in [2.45, 2.75) is 25.9 Å². The van der Waals surface area contributed by atoms with Crippen LogP contribution in [-0.2, 0) is 11.4 Å². The quantitative estimate of drug-likeness (QED) is 0.879. The third kappa shape index (κ3) is 4.44. The lowest BCUT2D eigenvalue weighted by Gasteiger charge is -2.32. The summed E-state index contributed by atoms with van der Waals surface area (Å²) in [6.45, 7) is 2.15. The molecule has 0 aliphatic carbocycles. The fourth-order valence-electron chi connectivity index (χ4n) is 3.02. The van der Waals surface area contributed by atoms with Crippen molar-refractivity contribution in [3.05, 3.63) is 48.3 Å². The lowest BCUT2D eigenvalue weighted by atomic mass is 9.94. The van der Waals surface area contributed by atoms with Crippen LogP contribution in [0, 0.1) is 5.92 Å². The number of ether oxygens (including phenoxy) is 1. The summed E-state index contributed by atoms with van der Waals surface area (Å²) in [6, 6.07) is 9.95. The van der Waals surface area contributed by atoms with Gasteiger partial charge in [-0.1, -0.05) is 30.3 Å². The van der Waals surface area contributed by atoms with Crippen molar-refractivity contribution in [1.82, 2.24) is 9.97 Å². The van der Waals surface area contributed by atoms with Gasteiger partial charge in [-0.3, -0.25) is 9.78 Å². The molecule has 1 aliphatic rings. The van der Waals surface area contributed by atoms with Gasteiger partial charge in [0.2, 0.25) is 11.8 Å². The van der Waals surface area contributed by atoms with Crippen LogP contribution in [0.2, 0.25) is 0 Å². The van der Waals surface area contributed by atoms with Gasteiger partial charge in [-0.25, -0.2) is 0 Å². The molecule has 2 aromatic rings. The molecule has 1 amide bonds. The van der Waals surface area contributed by atoms with Crippen LogP contribution in [0.15, 0.2) is 42.7 Å². The molecule has 1 aromatic heterocycles. The van der Waals surface area contributed by atoms with Gasteiger partial charge in [0, 0.05) is 19.5 Å². The second kappa shape index (κ2) is 7.77. The zero-order chi connectivity index (χ0) is 16.8. The molecule has 2 heterocycles. The first-order valence-electron chi connectivity index (χ1n) is 8.23. The zero-order valence-corrected chi connectivity index (χ0v) is 13.6. The molecule has 1 aromatic carbocycles. The highest BCUT2D eigenvalue weighted by Crippen LogP contribution is 2.24. The number of hydrogen-bond donors (Lipinski definition) is 1. The Labute approximate surface area is 141 Å². The average Bonchev–Trinajstić information content (AvgIpc) is 2.61. The summed E-state index contributed by atoms with van der Waals surface area (Å²) in [6.07, 6.45) is 5.83. The third-order valence-electron chi connectivity index (χ3n) is 4.16. The van der Waals surface area contributed by atoms with Crippen molar-refractivity contribution in [3.63, 3.8) is 0 Å². The minimum atomic E-state index is -0.243. The van der Waals surface area contributed by atoms with Crippen LogP contribution < -0.4 is 15.4 Å². The van der Waals surface area contributed by atoms with E-state index in [0.717, 1.165) is 37.3 Å². The molecule has 0 unspecified atom stereocenters. The van der Waals surface area contributed by atoms with Gasteiger partial charge in [0.25, 0.3) is 0 Å². The number of amides is 1. The Kier molecular flexibility index (Phi) is 5.25. The number of anilines is 1. The second-order valence-electron chi connectivity index (χ2n) is 6.11. The summed E-state index contributed by atoms with van der Waals surface area (Å²) in [5, 5.41) is 0. The van der Waals surface area contributed by atoms with Crippen LogP contribution in [0.4, 0.5) is 5.82 Å². The normalized spacial score (nSPS) is 17.5. The molecule has 3 rings (SSSR count). The van der Waals surface area contributed by atoms with E-state index in [2.05, 4.69) is 14.9 Å². The Morgan fingerprint density at radius 1 is 1.29 bits per heavy atom. The van der Waals surface area contributed by atoms with Crippen LogP contribution in [0.25, 0.3) is 0 Å². The van der Waals surface area contributed by atoms with E-state index in [1.165, 1.54) is 0 Å². The number of hydrogen-bond acceptors (Lipinski definition) is 5. The second-order valence-corrected chi connectivity index (χ2v) is 6.11. The SMILES string of the molecule is NC(=O)C[C@@H]1CCCN(c2cncc(OCc3ccccc3)n2)C1. The average molecular weight is 326 g/mol. The lowest BCUT2D eigenvalue weighted by molar-refractivity contribution is -0.118. The summed E-state index contributed by atoms with van der Waals surface area (Å²) < 4.78 is 5.74. The van der Waals surface area contributed by atoms with E-state index in [4.69, 9.17) is 10.5 Å². The maximum atomic E-state index is 11.1. The molecule has 1 saturated heterocycles. The summed E-state index contributed by atoms with van der Waals surface area (Å²) in [4.78, 5) is 22.1. The molecule has 1 fully saturated rings. The topological polar surface area (TPSA) is 81.3 Å². The number of aromatic nitrogens is 2. The summed E-state index contributed by atoms with van der Waals surface area (Å²) >= 11 is 0. The molecule has 1 atom stereocenters. The van der Waals surface area contributed by atoms with Crippen LogP contribution in [0.3, 0.4) is 0 Å². The lowest BCUT2D eigenvalue weighted by Crippen LogP contribution is -2.37. The number of benzene rings is 1. The molecule has 24 heavy (non-hydrogen) atoms. The first kappa shape index (κ1) is 16.2. The first-order chi connectivity index (χ1) is 11.7. The maximum Gasteiger partial charge on any atom is 0.234 e. The highest BCUT2D eigenvalue weighted by Gasteiger charge is 2.22. The van der Waals surface area contributed by atoms with Gasteiger partial charge in [-0.2, -0.15) is 4.98 Å². The zero-order valence-electron chi connectivity index (χ0n) is 13.6. The van der Waals surface area contributed by atoms with Gasteiger partial charge in [0.1, 0.15) is 6.61 Å². The smallest absolute Gasteiger partial charge is 0.234 e. The summed E-state index contributed by atoms with van der Waals surface area (Å²) in [5.41, 5.74) is 6.41. The number of carbonyl (C=O) groups is 1. The predicted molar refractivity (Wildman–Crippen MR) is 91.6 cm³/mol. The van der Waals surface area contributed by atoms with Gasteiger partial charge < -0.3 is 15.4 Å². The van der Waals surface area contributed by atoms with Gasteiger partial charge in [-0.15, -0.1) is 0 Å². The van der Waals surface area contributed by atoms with Crippen molar-refractivity contribution in [2.24, 2.45) is 11.7 Å². The van der Waals surface area contributed by atoms with Crippen molar-refractivity contribution in [1.29, 1.82) is 0 Å². The van der Waals surface area contributed by atoms with E-state index in [1.54, 1.807) is 12.4 Å². The van der Waals surface area contributed by atoms with E-state index in [9.17, 15) is 4.79 Å². The van der Waals surface area contributed by atoms with E-state index >= 15 is 0 Å². The Morgan fingerprint density at radius 2 is 2.12 bits per heavy atom. The van der Waals surface area contributed by atoms with Gasteiger partial charge in [0.15, 0.2) is 5.82 Å². The van der Waals surface area contributed by atoms with Gasteiger partial charge in [0.05, 0.1) is 12.4 Å². The molecule has 6 heteroatoms. The molecule has 6 nitrogen and oxygen atoms in total. The first-order valence-corrected chi connectivity index (χ1v) is 8.23. The molecule has 0 radical (unpaired) electrons. The molecule has 0 spiro atoms. The molecular weight excluding hydrogens is 304 g/mol. The largest absolute Gasteiger partial charge is 0.472 e.